The van der Waals surface area contributed by atoms with Crippen LogP contribution in [0.1, 0.15) is 24.0 Å². The van der Waals surface area contributed by atoms with Crippen molar-refractivity contribution in [3.8, 4) is 0 Å². The molecule has 0 amide bonds. The largest absolute Gasteiger partial charge is 0.299 e. The summed E-state index contributed by atoms with van der Waals surface area (Å²) >= 11 is 6.14. The topological polar surface area (TPSA) is 22.6 Å². The van der Waals surface area contributed by atoms with Crippen molar-refractivity contribution in [1.29, 1.82) is 0 Å². The van der Waals surface area contributed by atoms with E-state index < -0.39 is 0 Å². The maximum Gasteiger partial charge on any atom is 0.0720 e. The van der Waals surface area contributed by atoms with Gasteiger partial charge in [0.2, 0.25) is 0 Å². The minimum atomic E-state index is 0.748. The third-order valence-corrected chi connectivity index (χ3v) is 7.15. The molecule has 0 bridgehead atoms. The van der Waals surface area contributed by atoms with Crippen LogP contribution in [0.4, 0.5) is 0 Å². The van der Waals surface area contributed by atoms with Crippen LogP contribution >= 0.6 is 11.6 Å². The molecule has 2 saturated heterocycles. The molecule has 2 aliphatic heterocycles. The lowest BCUT2D eigenvalue weighted by molar-refractivity contribution is 0.0551. The first-order chi connectivity index (χ1) is 15.2. The number of piperazine rings is 1. The number of pyridine rings is 1. The highest BCUT2D eigenvalue weighted by Crippen LogP contribution is 2.24. The number of hydrogen-bond donors (Lipinski definition) is 0. The van der Waals surface area contributed by atoms with Gasteiger partial charge in [0.05, 0.1) is 5.52 Å². The lowest BCUT2D eigenvalue weighted by atomic mass is 10.0. The van der Waals surface area contributed by atoms with E-state index in [-0.39, 0.29) is 0 Å². The summed E-state index contributed by atoms with van der Waals surface area (Å²) in [6.07, 6.45) is 4.50. The molecular formula is C26H31ClN4. The Bertz CT molecular complexity index is 993. The highest BCUT2D eigenvalue weighted by Gasteiger charge is 2.27. The molecule has 2 aromatic carbocycles. The van der Waals surface area contributed by atoms with Crippen molar-refractivity contribution < 1.29 is 0 Å². The lowest BCUT2D eigenvalue weighted by Gasteiger charge is -2.43. The van der Waals surface area contributed by atoms with E-state index in [4.69, 9.17) is 11.6 Å². The maximum absolute atomic E-state index is 6.14. The van der Waals surface area contributed by atoms with Gasteiger partial charge in [0.15, 0.2) is 0 Å². The minimum absolute atomic E-state index is 0.748. The first-order valence-corrected chi connectivity index (χ1v) is 11.9. The average Bonchev–Trinajstić information content (AvgIpc) is 2.81. The predicted octanol–water partition coefficient (Wildman–Crippen LogP) is 4.67. The lowest BCUT2D eigenvalue weighted by Crippen LogP contribution is -2.52. The van der Waals surface area contributed by atoms with Gasteiger partial charge in [-0.3, -0.25) is 19.7 Å². The van der Waals surface area contributed by atoms with Crippen LogP contribution in [0.2, 0.25) is 5.02 Å². The van der Waals surface area contributed by atoms with Gasteiger partial charge in [-0.2, -0.15) is 0 Å². The fourth-order valence-corrected chi connectivity index (χ4v) is 5.30. The third kappa shape index (κ3) is 5.09. The van der Waals surface area contributed by atoms with E-state index in [0.29, 0.717) is 0 Å². The van der Waals surface area contributed by atoms with Crippen LogP contribution in [0.3, 0.4) is 0 Å². The Kier molecular flexibility index (Phi) is 6.51. The van der Waals surface area contributed by atoms with E-state index in [2.05, 4.69) is 62.1 Å². The number of benzene rings is 2. The summed E-state index contributed by atoms with van der Waals surface area (Å²) in [5.41, 5.74) is 3.77. The van der Waals surface area contributed by atoms with E-state index in [0.717, 1.165) is 42.8 Å². The third-order valence-electron chi connectivity index (χ3n) is 6.92. The fourth-order valence-electron chi connectivity index (χ4n) is 5.13. The normalized spacial score (nSPS) is 19.8. The zero-order valence-corrected chi connectivity index (χ0v) is 18.8. The summed E-state index contributed by atoms with van der Waals surface area (Å²) < 4.78 is 0. The number of piperidine rings is 1. The van der Waals surface area contributed by atoms with Gasteiger partial charge in [0, 0.05) is 61.9 Å². The zero-order valence-electron chi connectivity index (χ0n) is 18.1. The molecule has 3 aromatic rings. The smallest absolute Gasteiger partial charge is 0.0720 e. The molecular weight excluding hydrogens is 404 g/mol. The van der Waals surface area contributed by atoms with Crippen LogP contribution < -0.4 is 0 Å². The summed E-state index contributed by atoms with van der Waals surface area (Å²) in [4.78, 5) is 12.4. The number of fused-ring (bicyclic) bond motifs is 1. The minimum Gasteiger partial charge on any atom is -0.299 e. The van der Waals surface area contributed by atoms with Gasteiger partial charge in [0.1, 0.15) is 0 Å². The number of halogens is 1. The Balaban J connectivity index is 1.11. The Morgan fingerprint density at radius 2 is 1.55 bits per heavy atom. The quantitative estimate of drug-likeness (QED) is 0.582. The summed E-state index contributed by atoms with van der Waals surface area (Å²) in [7, 11) is 0. The van der Waals surface area contributed by atoms with Gasteiger partial charge in [-0.25, -0.2) is 0 Å². The van der Waals surface area contributed by atoms with Crippen molar-refractivity contribution in [3.05, 3.63) is 76.9 Å². The summed E-state index contributed by atoms with van der Waals surface area (Å²) in [5, 5.41) is 1.97. The molecule has 0 aliphatic carbocycles. The molecule has 162 valence electrons. The van der Waals surface area contributed by atoms with Crippen LogP contribution in [-0.2, 0) is 13.1 Å². The molecule has 2 aliphatic rings. The Morgan fingerprint density at radius 3 is 2.32 bits per heavy atom. The molecule has 2 fully saturated rings. The number of nitrogens with zero attached hydrogens (tertiary/aromatic N) is 4. The number of rotatable bonds is 5. The number of likely N-dealkylation sites (tertiary alicyclic amines) is 1. The summed E-state index contributed by atoms with van der Waals surface area (Å²) in [6.45, 7) is 9.15. The van der Waals surface area contributed by atoms with E-state index in [1.165, 1.54) is 55.5 Å². The van der Waals surface area contributed by atoms with Crippen LogP contribution in [0.5, 0.6) is 0 Å². The SMILES string of the molecule is Clc1ccc2c(CN3CCN(C4CCN(Cc5ccccc5)CC4)CC3)ccnc2c1. The maximum atomic E-state index is 6.14. The van der Waals surface area contributed by atoms with Gasteiger partial charge < -0.3 is 0 Å². The zero-order chi connectivity index (χ0) is 21.0. The Hall–Kier alpha value is -1.98. The Labute approximate surface area is 190 Å². The predicted molar refractivity (Wildman–Crippen MR) is 128 cm³/mol. The molecule has 3 heterocycles. The molecule has 5 rings (SSSR count). The van der Waals surface area contributed by atoms with Crippen LogP contribution in [0.15, 0.2) is 60.8 Å². The molecule has 4 nitrogen and oxygen atoms in total. The fraction of sp³-hybridized carbons (Fsp3) is 0.423. The monoisotopic (exact) mass is 434 g/mol. The Morgan fingerprint density at radius 1 is 0.806 bits per heavy atom. The molecule has 0 saturated carbocycles. The highest BCUT2D eigenvalue weighted by molar-refractivity contribution is 6.31. The van der Waals surface area contributed by atoms with Gasteiger partial charge in [-0.05, 0) is 55.3 Å². The van der Waals surface area contributed by atoms with Crippen molar-refractivity contribution >= 4 is 22.5 Å². The van der Waals surface area contributed by atoms with Gasteiger partial charge in [0.25, 0.3) is 0 Å². The average molecular weight is 435 g/mol. The standard InChI is InChI=1S/C26H31ClN4/c27-23-6-7-25-22(8-11-28-26(25)18-23)20-30-14-16-31(17-15-30)24-9-12-29(13-10-24)19-21-4-2-1-3-5-21/h1-8,11,18,24H,9-10,12-17,19-20H2. The van der Waals surface area contributed by atoms with Crippen molar-refractivity contribution in [2.45, 2.75) is 32.0 Å². The van der Waals surface area contributed by atoms with Crippen molar-refractivity contribution in [3.63, 3.8) is 0 Å². The second kappa shape index (κ2) is 9.66. The van der Waals surface area contributed by atoms with Crippen molar-refractivity contribution in [2.75, 3.05) is 39.3 Å². The second-order valence-corrected chi connectivity index (χ2v) is 9.37. The highest BCUT2D eigenvalue weighted by atomic mass is 35.5. The molecule has 5 heteroatoms. The van der Waals surface area contributed by atoms with E-state index in [9.17, 15) is 0 Å². The first-order valence-electron chi connectivity index (χ1n) is 11.5. The molecule has 0 radical (unpaired) electrons. The molecule has 1 aromatic heterocycles. The molecule has 0 unspecified atom stereocenters. The van der Waals surface area contributed by atoms with Crippen molar-refractivity contribution in [2.24, 2.45) is 0 Å². The van der Waals surface area contributed by atoms with Gasteiger partial charge in [-0.1, -0.05) is 48.0 Å². The van der Waals surface area contributed by atoms with Crippen LogP contribution in [0, 0.1) is 0 Å². The summed E-state index contributed by atoms with van der Waals surface area (Å²) in [5.74, 6) is 0. The molecule has 0 N–H and O–H groups in total. The van der Waals surface area contributed by atoms with Crippen molar-refractivity contribution in [1.82, 2.24) is 19.7 Å². The van der Waals surface area contributed by atoms with Gasteiger partial charge in [-0.15, -0.1) is 0 Å². The van der Waals surface area contributed by atoms with E-state index in [1.54, 1.807) is 0 Å². The van der Waals surface area contributed by atoms with Crippen LogP contribution in [0.25, 0.3) is 10.9 Å². The first kappa shape index (κ1) is 20.9. The molecule has 31 heavy (non-hydrogen) atoms. The number of aromatic nitrogens is 1. The summed E-state index contributed by atoms with van der Waals surface area (Å²) in [6, 6.07) is 19.8. The molecule has 0 spiro atoms. The second-order valence-electron chi connectivity index (χ2n) is 8.94. The number of hydrogen-bond acceptors (Lipinski definition) is 4. The van der Waals surface area contributed by atoms with E-state index >= 15 is 0 Å². The molecule has 0 atom stereocenters. The van der Waals surface area contributed by atoms with E-state index in [1.807, 2.05) is 18.3 Å². The van der Waals surface area contributed by atoms with Gasteiger partial charge >= 0.3 is 0 Å². The van der Waals surface area contributed by atoms with Crippen LogP contribution in [-0.4, -0.2) is 65.0 Å².